The maximum Gasteiger partial charge on any atom is 0.272 e. The number of hydrogen-bond donors (Lipinski definition) is 0. The molecule has 5 rings (SSSR count). The third-order valence-electron chi connectivity index (χ3n) is 5.53. The predicted octanol–water partition coefficient (Wildman–Crippen LogP) is 4.07. The van der Waals surface area contributed by atoms with Crippen molar-refractivity contribution in [3.8, 4) is 17.1 Å². The third-order valence-corrected chi connectivity index (χ3v) is 5.53. The first-order chi connectivity index (χ1) is 15.1. The van der Waals surface area contributed by atoms with Crippen LogP contribution >= 0.6 is 0 Å². The number of nitrogens with zero attached hydrogens (tertiary/aromatic N) is 4. The van der Waals surface area contributed by atoms with Crippen molar-refractivity contribution in [3.63, 3.8) is 0 Å². The number of carbonyl (C=O) groups excluding carboxylic acids is 1. The SMILES string of the molecule is Cn1nc(-c2ccc(F)cc2)cc1C(=O)N1CCC(Oc2ccc3ccccc3n2)C1. The van der Waals surface area contributed by atoms with E-state index < -0.39 is 0 Å². The molecule has 2 aromatic carbocycles. The lowest BCUT2D eigenvalue weighted by Gasteiger charge is -2.17. The fourth-order valence-electron chi connectivity index (χ4n) is 3.88. The number of para-hydroxylation sites is 1. The van der Waals surface area contributed by atoms with Crippen LogP contribution in [0.25, 0.3) is 22.2 Å². The summed E-state index contributed by atoms with van der Waals surface area (Å²) < 4.78 is 20.8. The van der Waals surface area contributed by atoms with Crippen LogP contribution in [0.15, 0.2) is 66.7 Å². The number of carbonyl (C=O) groups is 1. The van der Waals surface area contributed by atoms with Gasteiger partial charge in [0.15, 0.2) is 0 Å². The Bertz CT molecular complexity index is 1250. The molecule has 1 atom stereocenters. The molecule has 4 aromatic rings. The summed E-state index contributed by atoms with van der Waals surface area (Å²) in [6.07, 6.45) is 0.630. The second kappa shape index (κ2) is 7.83. The van der Waals surface area contributed by atoms with E-state index in [0.717, 1.165) is 22.9 Å². The molecule has 1 aliphatic heterocycles. The van der Waals surface area contributed by atoms with Crippen molar-refractivity contribution >= 4 is 16.8 Å². The molecule has 0 bridgehead atoms. The number of halogens is 1. The summed E-state index contributed by atoms with van der Waals surface area (Å²) in [6.45, 7) is 1.10. The maximum atomic E-state index is 13.2. The lowest BCUT2D eigenvalue weighted by Crippen LogP contribution is -2.32. The zero-order valence-electron chi connectivity index (χ0n) is 17.0. The number of aryl methyl sites for hydroxylation is 1. The molecular weight excluding hydrogens is 395 g/mol. The lowest BCUT2D eigenvalue weighted by atomic mass is 10.1. The highest BCUT2D eigenvalue weighted by atomic mass is 19.1. The minimum absolute atomic E-state index is 0.0964. The fourth-order valence-corrected chi connectivity index (χ4v) is 3.88. The van der Waals surface area contributed by atoms with Crippen molar-refractivity contribution < 1.29 is 13.9 Å². The number of benzene rings is 2. The van der Waals surface area contributed by atoms with Crippen LogP contribution in [0.4, 0.5) is 4.39 Å². The van der Waals surface area contributed by atoms with E-state index in [2.05, 4.69) is 10.1 Å². The van der Waals surface area contributed by atoms with Crippen LogP contribution in [-0.4, -0.2) is 44.8 Å². The Kier molecular flexibility index (Phi) is 4.86. The number of likely N-dealkylation sites (tertiary alicyclic amines) is 1. The molecule has 1 unspecified atom stereocenters. The second-order valence-electron chi connectivity index (χ2n) is 7.67. The Hall–Kier alpha value is -3.74. The second-order valence-corrected chi connectivity index (χ2v) is 7.67. The number of amides is 1. The number of fused-ring (bicyclic) bond motifs is 1. The Balaban J connectivity index is 1.28. The van der Waals surface area contributed by atoms with Gasteiger partial charge in [0.1, 0.15) is 17.6 Å². The molecule has 6 nitrogen and oxygen atoms in total. The van der Waals surface area contributed by atoms with E-state index in [4.69, 9.17) is 4.74 Å². The van der Waals surface area contributed by atoms with Crippen LogP contribution in [0, 0.1) is 5.82 Å². The lowest BCUT2D eigenvalue weighted by molar-refractivity contribution is 0.0760. The predicted molar refractivity (Wildman–Crippen MR) is 115 cm³/mol. The van der Waals surface area contributed by atoms with Crippen LogP contribution < -0.4 is 4.74 Å². The largest absolute Gasteiger partial charge is 0.472 e. The van der Waals surface area contributed by atoms with Crippen molar-refractivity contribution in [2.24, 2.45) is 7.05 Å². The van der Waals surface area contributed by atoms with Gasteiger partial charge in [-0.1, -0.05) is 18.2 Å². The standard InChI is InChI=1S/C24H21FN4O2/c1-28-22(14-21(27-28)17-6-9-18(25)10-7-17)24(30)29-13-12-19(15-29)31-23-11-8-16-4-2-3-5-20(16)26-23/h2-11,14,19H,12-13,15H2,1H3. The summed E-state index contributed by atoms with van der Waals surface area (Å²) >= 11 is 0. The molecule has 0 saturated carbocycles. The van der Waals surface area contributed by atoms with E-state index in [1.165, 1.54) is 12.1 Å². The van der Waals surface area contributed by atoms with E-state index in [9.17, 15) is 9.18 Å². The summed E-state index contributed by atoms with van der Waals surface area (Å²) in [5, 5.41) is 5.49. The first-order valence-electron chi connectivity index (χ1n) is 10.2. The van der Waals surface area contributed by atoms with Crippen molar-refractivity contribution in [1.29, 1.82) is 0 Å². The summed E-state index contributed by atoms with van der Waals surface area (Å²) in [6, 6.07) is 19.6. The van der Waals surface area contributed by atoms with Crippen molar-refractivity contribution in [1.82, 2.24) is 19.7 Å². The normalized spacial score (nSPS) is 16.1. The minimum atomic E-state index is -0.306. The highest BCUT2D eigenvalue weighted by Crippen LogP contribution is 2.23. The van der Waals surface area contributed by atoms with Gasteiger partial charge in [0, 0.05) is 37.0 Å². The van der Waals surface area contributed by atoms with Gasteiger partial charge >= 0.3 is 0 Å². The van der Waals surface area contributed by atoms with E-state index in [-0.39, 0.29) is 17.8 Å². The molecule has 1 aliphatic rings. The van der Waals surface area contributed by atoms with Gasteiger partial charge in [-0.15, -0.1) is 0 Å². The molecule has 2 aromatic heterocycles. The first kappa shape index (κ1) is 19.2. The summed E-state index contributed by atoms with van der Waals surface area (Å²) in [5.74, 6) is 0.165. The van der Waals surface area contributed by atoms with Gasteiger partial charge in [0.05, 0.1) is 17.8 Å². The molecule has 0 spiro atoms. The summed E-state index contributed by atoms with van der Waals surface area (Å²) in [4.78, 5) is 19.4. The van der Waals surface area contributed by atoms with Gasteiger partial charge in [-0.25, -0.2) is 9.37 Å². The number of aromatic nitrogens is 3. The average Bonchev–Trinajstić information content (AvgIpc) is 3.40. The topological polar surface area (TPSA) is 60.2 Å². The van der Waals surface area contributed by atoms with Crippen molar-refractivity contribution in [3.05, 3.63) is 78.2 Å². The average molecular weight is 416 g/mol. The Morgan fingerprint density at radius 1 is 1.10 bits per heavy atom. The van der Waals surface area contributed by atoms with Gasteiger partial charge in [-0.2, -0.15) is 5.10 Å². The molecule has 0 N–H and O–H groups in total. The number of hydrogen-bond acceptors (Lipinski definition) is 4. The smallest absolute Gasteiger partial charge is 0.272 e. The molecule has 1 fully saturated rings. The number of ether oxygens (including phenoxy) is 1. The van der Waals surface area contributed by atoms with Gasteiger partial charge in [0.25, 0.3) is 5.91 Å². The highest BCUT2D eigenvalue weighted by molar-refractivity contribution is 5.94. The molecule has 1 saturated heterocycles. The van der Waals surface area contributed by atoms with Crippen molar-refractivity contribution in [2.75, 3.05) is 13.1 Å². The van der Waals surface area contributed by atoms with Crippen LogP contribution in [-0.2, 0) is 7.05 Å². The monoisotopic (exact) mass is 416 g/mol. The zero-order valence-corrected chi connectivity index (χ0v) is 17.0. The van der Waals surface area contributed by atoms with Crippen LogP contribution in [0.1, 0.15) is 16.9 Å². The van der Waals surface area contributed by atoms with Gasteiger partial charge < -0.3 is 9.64 Å². The van der Waals surface area contributed by atoms with Gasteiger partial charge in [-0.3, -0.25) is 9.48 Å². The van der Waals surface area contributed by atoms with E-state index >= 15 is 0 Å². The maximum absolute atomic E-state index is 13.2. The fraction of sp³-hybridized carbons (Fsp3) is 0.208. The molecule has 0 aliphatic carbocycles. The molecule has 1 amide bonds. The van der Waals surface area contributed by atoms with E-state index in [1.807, 2.05) is 36.4 Å². The minimum Gasteiger partial charge on any atom is -0.472 e. The van der Waals surface area contributed by atoms with Crippen molar-refractivity contribution in [2.45, 2.75) is 12.5 Å². The quantitative estimate of drug-likeness (QED) is 0.503. The third kappa shape index (κ3) is 3.86. The summed E-state index contributed by atoms with van der Waals surface area (Å²) in [5.41, 5.74) is 2.78. The van der Waals surface area contributed by atoms with Gasteiger partial charge in [-0.05, 0) is 42.5 Å². The molecule has 7 heteroatoms. The number of rotatable bonds is 4. The summed E-state index contributed by atoms with van der Waals surface area (Å²) in [7, 11) is 1.74. The molecular formula is C24H21FN4O2. The number of pyridine rings is 1. The van der Waals surface area contributed by atoms with Gasteiger partial charge in [0.2, 0.25) is 5.88 Å². The first-order valence-corrected chi connectivity index (χ1v) is 10.2. The zero-order chi connectivity index (χ0) is 21.4. The molecule has 3 heterocycles. The van der Waals surface area contributed by atoms with Crippen LogP contribution in [0.2, 0.25) is 0 Å². The Labute approximate surface area is 178 Å². The molecule has 31 heavy (non-hydrogen) atoms. The highest BCUT2D eigenvalue weighted by Gasteiger charge is 2.30. The Morgan fingerprint density at radius 2 is 1.90 bits per heavy atom. The Morgan fingerprint density at radius 3 is 2.74 bits per heavy atom. The van der Waals surface area contributed by atoms with E-state index in [1.54, 1.807) is 34.8 Å². The molecule has 156 valence electrons. The van der Waals surface area contributed by atoms with Crippen LogP contribution in [0.3, 0.4) is 0 Å². The molecule has 0 radical (unpaired) electrons. The van der Waals surface area contributed by atoms with E-state index in [0.29, 0.717) is 30.4 Å². The van der Waals surface area contributed by atoms with Crippen LogP contribution in [0.5, 0.6) is 5.88 Å².